The molecule has 6 heteroatoms. The molecule has 15 heavy (non-hydrogen) atoms. The van der Waals surface area contributed by atoms with Crippen LogP contribution in [0.4, 0.5) is 0 Å². The average Bonchev–Trinajstić information content (AvgIpc) is 2.70. The zero-order valence-corrected chi connectivity index (χ0v) is 8.64. The molecule has 6 nitrogen and oxygen atoms in total. The second kappa shape index (κ2) is 3.98. The minimum absolute atomic E-state index is 0.0236. The number of carbonyl (C=O) groups excluding carboxylic acids is 1. The maximum absolute atomic E-state index is 11.4. The van der Waals surface area contributed by atoms with Crippen molar-refractivity contribution in [2.45, 2.75) is 25.8 Å². The van der Waals surface area contributed by atoms with Crippen LogP contribution in [0.1, 0.15) is 18.1 Å². The lowest BCUT2D eigenvalue weighted by atomic mass is 10.3. The monoisotopic (exact) mass is 210 g/mol. The molecule has 0 bridgehead atoms. The third kappa shape index (κ3) is 2.33. The Hall–Kier alpha value is -1.43. The summed E-state index contributed by atoms with van der Waals surface area (Å²) in [5, 5.41) is 3.77. The summed E-state index contributed by atoms with van der Waals surface area (Å²) in [6.07, 6.45) is 1.07. The van der Waals surface area contributed by atoms with E-state index in [0.717, 1.165) is 0 Å². The van der Waals surface area contributed by atoms with Crippen LogP contribution < -0.4 is 5.73 Å². The molecule has 1 saturated heterocycles. The fraction of sp³-hybridized carbons (Fsp3) is 0.667. The first-order chi connectivity index (χ1) is 7.15. The number of carbonyl (C=O) groups is 1. The topological polar surface area (TPSA) is 85.3 Å². The third-order valence-corrected chi connectivity index (χ3v) is 2.42. The van der Waals surface area contributed by atoms with Crippen LogP contribution in [0.2, 0.25) is 0 Å². The predicted octanol–water partition coefficient (Wildman–Crippen LogP) is -0.520. The Bertz CT molecular complexity index is 363. The van der Waals surface area contributed by atoms with Crippen molar-refractivity contribution >= 4 is 5.91 Å². The molecule has 1 aliphatic rings. The molecule has 1 aromatic heterocycles. The summed E-state index contributed by atoms with van der Waals surface area (Å²) in [5.41, 5.74) is 5.68. The van der Waals surface area contributed by atoms with Gasteiger partial charge in [0.1, 0.15) is 0 Å². The summed E-state index contributed by atoms with van der Waals surface area (Å²) in [4.78, 5) is 17.2. The van der Waals surface area contributed by atoms with Crippen LogP contribution in [0.5, 0.6) is 0 Å². The maximum Gasteiger partial charge on any atom is 0.224 e. The van der Waals surface area contributed by atoms with Gasteiger partial charge in [-0.2, -0.15) is 4.98 Å². The van der Waals surface area contributed by atoms with Crippen molar-refractivity contribution in [3.05, 3.63) is 11.7 Å². The van der Waals surface area contributed by atoms with Gasteiger partial charge >= 0.3 is 0 Å². The zero-order valence-electron chi connectivity index (χ0n) is 8.64. The molecule has 0 radical (unpaired) electrons. The molecular formula is C9H14N4O2. The average molecular weight is 210 g/mol. The van der Waals surface area contributed by atoms with E-state index in [4.69, 9.17) is 10.3 Å². The van der Waals surface area contributed by atoms with E-state index in [2.05, 4.69) is 10.1 Å². The molecule has 1 unspecified atom stereocenters. The van der Waals surface area contributed by atoms with Crippen molar-refractivity contribution in [2.75, 3.05) is 13.1 Å². The summed E-state index contributed by atoms with van der Waals surface area (Å²) in [5.74, 6) is 1.30. The highest BCUT2D eigenvalue weighted by atomic mass is 16.5. The first kappa shape index (κ1) is 10.1. The fourth-order valence-corrected chi connectivity index (χ4v) is 1.70. The van der Waals surface area contributed by atoms with Gasteiger partial charge < -0.3 is 15.2 Å². The fourth-order valence-electron chi connectivity index (χ4n) is 1.70. The van der Waals surface area contributed by atoms with Gasteiger partial charge in [-0.05, 0) is 0 Å². The molecule has 0 aliphatic carbocycles. The van der Waals surface area contributed by atoms with Gasteiger partial charge in [0, 0.05) is 38.9 Å². The van der Waals surface area contributed by atoms with Gasteiger partial charge in [0.25, 0.3) is 0 Å². The van der Waals surface area contributed by atoms with Gasteiger partial charge in [-0.1, -0.05) is 5.16 Å². The van der Waals surface area contributed by atoms with Gasteiger partial charge in [-0.3, -0.25) is 4.79 Å². The van der Waals surface area contributed by atoms with Crippen molar-refractivity contribution in [2.24, 2.45) is 5.73 Å². The second-order valence-corrected chi connectivity index (χ2v) is 3.78. The van der Waals surface area contributed by atoms with Crippen LogP contribution in [-0.2, 0) is 11.2 Å². The summed E-state index contributed by atoms with van der Waals surface area (Å²) in [6.45, 7) is 2.99. The summed E-state index contributed by atoms with van der Waals surface area (Å²) < 4.78 is 4.84. The summed E-state index contributed by atoms with van der Waals surface area (Å²) in [7, 11) is 0. The lowest BCUT2D eigenvalue weighted by Crippen LogP contribution is -2.30. The molecular weight excluding hydrogens is 196 g/mol. The van der Waals surface area contributed by atoms with E-state index in [0.29, 0.717) is 37.6 Å². The number of likely N-dealkylation sites (tertiary alicyclic amines) is 1. The van der Waals surface area contributed by atoms with Crippen molar-refractivity contribution in [3.63, 3.8) is 0 Å². The predicted molar refractivity (Wildman–Crippen MR) is 51.9 cm³/mol. The van der Waals surface area contributed by atoms with Crippen LogP contribution in [0.25, 0.3) is 0 Å². The van der Waals surface area contributed by atoms with Crippen molar-refractivity contribution in [3.8, 4) is 0 Å². The molecule has 2 N–H and O–H groups in total. The van der Waals surface area contributed by atoms with E-state index in [1.165, 1.54) is 0 Å². The highest BCUT2D eigenvalue weighted by Gasteiger charge is 2.26. The molecule has 1 aliphatic heterocycles. The van der Waals surface area contributed by atoms with Crippen LogP contribution in [0, 0.1) is 6.92 Å². The largest absolute Gasteiger partial charge is 0.341 e. The van der Waals surface area contributed by atoms with Gasteiger partial charge in [-0.15, -0.1) is 0 Å². The Balaban J connectivity index is 1.86. The van der Waals surface area contributed by atoms with E-state index < -0.39 is 0 Å². The quantitative estimate of drug-likeness (QED) is 0.725. The van der Waals surface area contributed by atoms with Crippen LogP contribution in [-0.4, -0.2) is 40.1 Å². The van der Waals surface area contributed by atoms with Gasteiger partial charge in [0.15, 0.2) is 5.82 Å². The molecule has 1 aromatic rings. The number of nitrogens with zero attached hydrogens (tertiary/aromatic N) is 3. The minimum atomic E-state index is -0.0236. The highest BCUT2D eigenvalue weighted by Crippen LogP contribution is 2.09. The van der Waals surface area contributed by atoms with E-state index in [-0.39, 0.29) is 11.9 Å². The smallest absolute Gasteiger partial charge is 0.224 e. The van der Waals surface area contributed by atoms with Crippen molar-refractivity contribution in [1.82, 2.24) is 15.0 Å². The summed E-state index contributed by atoms with van der Waals surface area (Å²) in [6, 6.07) is -0.0236. The second-order valence-electron chi connectivity index (χ2n) is 3.78. The van der Waals surface area contributed by atoms with Gasteiger partial charge in [0.2, 0.25) is 11.8 Å². The van der Waals surface area contributed by atoms with Crippen molar-refractivity contribution < 1.29 is 9.32 Å². The Morgan fingerprint density at radius 2 is 2.47 bits per heavy atom. The summed E-state index contributed by atoms with van der Waals surface area (Å²) >= 11 is 0. The number of aryl methyl sites for hydroxylation is 1. The molecule has 0 spiro atoms. The Kier molecular flexibility index (Phi) is 2.68. The SMILES string of the molecule is Cc1nc(CCN2CC(N)CC2=O)no1. The molecule has 2 heterocycles. The lowest BCUT2D eigenvalue weighted by molar-refractivity contribution is -0.127. The van der Waals surface area contributed by atoms with Crippen LogP contribution >= 0.6 is 0 Å². The normalized spacial score (nSPS) is 21.3. The van der Waals surface area contributed by atoms with E-state index in [1.807, 2.05) is 0 Å². The third-order valence-electron chi connectivity index (χ3n) is 2.42. The highest BCUT2D eigenvalue weighted by molar-refractivity contribution is 5.79. The molecule has 2 rings (SSSR count). The van der Waals surface area contributed by atoms with Crippen molar-refractivity contribution in [1.29, 1.82) is 0 Å². The first-order valence-corrected chi connectivity index (χ1v) is 4.97. The molecule has 0 saturated carbocycles. The number of hydrogen-bond donors (Lipinski definition) is 1. The lowest BCUT2D eigenvalue weighted by Gasteiger charge is -2.13. The zero-order chi connectivity index (χ0) is 10.8. The first-order valence-electron chi connectivity index (χ1n) is 4.97. The Morgan fingerprint density at radius 3 is 3.00 bits per heavy atom. The number of aromatic nitrogens is 2. The van der Waals surface area contributed by atoms with E-state index in [1.54, 1.807) is 11.8 Å². The Labute approximate surface area is 87.4 Å². The maximum atomic E-state index is 11.4. The molecule has 1 amide bonds. The van der Waals surface area contributed by atoms with E-state index in [9.17, 15) is 4.79 Å². The van der Waals surface area contributed by atoms with Gasteiger partial charge in [-0.25, -0.2) is 0 Å². The standard InChI is InChI=1S/C9H14N4O2/c1-6-11-8(12-15-6)2-3-13-5-7(10)4-9(13)14/h7H,2-5,10H2,1H3. The number of rotatable bonds is 3. The molecule has 1 fully saturated rings. The Morgan fingerprint density at radius 1 is 1.67 bits per heavy atom. The van der Waals surface area contributed by atoms with Gasteiger partial charge in [0.05, 0.1) is 0 Å². The van der Waals surface area contributed by atoms with E-state index >= 15 is 0 Å². The molecule has 1 atom stereocenters. The van der Waals surface area contributed by atoms with Crippen LogP contribution in [0.3, 0.4) is 0 Å². The minimum Gasteiger partial charge on any atom is -0.341 e. The molecule has 82 valence electrons. The van der Waals surface area contributed by atoms with Crippen LogP contribution in [0.15, 0.2) is 4.52 Å². The number of nitrogens with two attached hydrogens (primary N) is 1. The number of amides is 1. The molecule has 0 aromatic carbocycles. The number of hydrogen-bond acceptors (Lipinski definition) is 5.